The quantitative estimate of drug-likeness (QED) is 0.333. The Labute approximate surface area is 83.8 Å². The van der Waals surface area contributed by atoms with E-state index in [4.69, 9.17) is 34.7 Å². The molecule has 0 atom stereocenters. The van der Waals surface area contributed by atoms with Crippen LogP contribution in [0, 0.1) is 0 Å². The summed E-state index contributed by atoms with van der Waals surface area (Å²) >= 11 is 11.1. The first-order valence-electron chi connectivity index (χ1n) is 4.14. The molecule has 0 spiro atoms. The van der Waals surface area contributed by atoms with Crippen molar-refractivity contribution in [1.29, 1.82) is 0 Å². The maximum absolute atomic E-state index is 5.56. The molecule has 74 valence electrons. The van der Waals surface area contributed by atoms with E-state index in [0.717, 1.165) is 32.5 Å². The predicted octanol–water partition coefficient (Wildman–Crippen LogP) is 0.795. The summed E-state index contributed by atoms with van der Waals surface area (Å²) in [5, 5.41) is 3.17. The Morgan fingerprint density at radius 1 is 1.17 bits per heavy atom. The van der Waals surface area contributed by atoms with Crippen LogP contribution in [-0.2, 0) is 0 Å². The van der Waals surface area contributed by atoms with Gasteiger partial charge in [-0.25, -0.2) is 0 Å². The van der Waals surface area contributed by atoms with Crippen LogP contribution in [0.2, 0.25) is 0 Å². The van der Waals surface area contributed by atoms with Gasteiger partial charge in [-0.2, -0.15) is 0 Å². The second-order valence-electron chi connectivity index (χ2n) is 2.76. The highest BCUT2D eigenvalue weighted by Gasteiger charge is 2.14. The van der Waals surface area contributed by atoms with Gasteiger partial charge >= 0.3 is 0 Å². The summed E-state index contributed by atoms with van der Waals surface area (Å²) in [5.41, 5.74) is 10.7. The van der Waals surface area contributed by atoms with Gasteiger partial charge in [0, 0.05) is 6.42 Å². The molecule has 3 nitrogen and oxygen atoms in total. The van der Waals surface area contributed by atoms with Crippen molar-refractivity contribution in [2.24, 2.45) is 11.5 Å². The van der Waals surface area contributed by atoms with Gasteiger partial charge in [-0.15, -0.1) is 0 Å². The number of hydrogen-bond donors (Lipinski definition) is 3. The van der Waals surface area contributed by atoms with Gasteiger partial charge in [0.15, 0.2) is 4.46 Å². The summed E-state index contributed by atoms with van der Waals surface area (Å²) < 4.78 is -1.10. The first-order chi connectivity index (χ1) is 5.56. The van der Waals surface area contributed by atoms with E-state index in [2.05, 4.69) is 5.32 Å². The number of nitrogens with two attached hydrogens (primary N) is 2. The topological polar surface area (TPSA) is 64.1 Å². The summed E-state index contributed by atoms with van der Waals surface area (Å²) in [5.74, 6) is 0. The Bertz CT molecular complexity index is 103. The van der Waals surface area contributed by atoms with Crippen LogP contribution in [0.1, 0.15) is 19.3 Å². The minimum absolute atomic E-state index is 0.554. The fraction of sp³-hybridized carbons (Fsp3) is 1.00. The minimum Gasteiger partial charge on any atom is -0.330 e. The Kier molecular flexibility index (Phi) is 7.19. The molecule has 0 unspecified atom stereocenters. The molecular formula is C7H17Cl2N3. The van der Waals surface area contributed by atoms with E-state index in [9.17, 15) is 0 Å². The monoisotopic (exact) mass is 213 g/mol. The summed E-state index contributed by atoms with van der Waals surface area (Å²) in [6.07, 6.45) is 2.68. The van der Waals surface area contributed by atoms with Gasteiger partial charge in [0.2, 0.25) is 0 Å². The lowest BCUT2D eigenvalue weighted by Crippen LogP contribution is -2.31. The molecule has 5 N–H and O–H groups in total. The van der Waals surface area contributed by atoms with E-state index in [1.807, 2.05) is 0 Å². The molecule has 0 fully saturated rings. The van der Waals surface area contributed by atoms with Crippen molar-refractivity contribution in [3.63, 3.8) is 0 Å². The van der Waals surface area contributed by atoms with Crippen LogP contribution in [0.15, 0.2) is 0 Å². The van der Waals surface area contributed by atoms with Crippen LogP contribution in [0.4, 0.5) is 0 Å². The molecule has 0 amide bonds. The number of rotatable bonds is 7. The van der Waals surface area contributed by atoms with E-state index in [0.29, 0.717) is 6.42 Å². The summed E-state index contributed by atoms with van der Waals surface area (Å²) in [6.45, 7) is 2.43. The van der Waals surface area contributed by atoms with E-state index in [1.54, 1.807) is 0 Å². The summed E-state index contributed by atoms with van der Waals surface area (Å²) in [4.78, 5) is 0. The third-order valence-corrected chi connectivity index (χ3v) is 1.82. The molecule has 0 aliphatic heterocycles. The first kappa shape index (κ1) is 12.5. The lowest BCUT2D eigenvalue weighted by atomic mass is 10.3. The molecule has 0 heterocycles. The average Bonchev–Trinajstić information content (AvgIpc) is 1.94. The zero-order chi connectivity index (χ0) is 9.45. The molecule has 0 saturated heterocycles. The van der Waals surface area contributed by atoms with Crippen LogP contribution < -0.4 is 16.8 Å². The van der Waals surface area contributed by atoms with Gasteiger partial charge < -0.3 is 16.8 Å². The van der Waals surface area contributed by atoms with Crippen LogP contribution in [0.3, 0.4) is 0 Å². The van der Waals surface area contributed by atoms with E-state index in [-0.39, 0.29) is 0 Å². The van der Waals surface area contributed by atoms with Crippen molar-refractivity contribution >= 4 is 23.2 Å². The molecule has 0 aliphatic rings. The van der Waals surface area contributed by atoms with Crippen molar-refractivity contribution in [2.45, 2.75) is 23.7 Å². The van der Waals surface area contributed by atoms with Crippen LogP contribution >= 0.6 is 23.2 Å². The average molecular weight is 214 g/mol. The number of alkyl halides is 2. The maximum atomic E-state index is 5.56. The number of halogens is 2. The zero-order valence-electron chi connectivity index (χ0n) is 7.15. The van der Waals surface area contributed by atoms with Gasteiger partial charge in [-0.1, -0.05) is 23.2 Å². The largest absolute Gasteiger partial charge is 0.330 e. The second-order valence-corrected chi connectivity index (χ2v) is 4.30. The maximum Gasteiger partial charge on any atom is 0.167 e. The highest BCUT2D eigenvalue weighted by Crippen LogP contribution is 2.16. The Morgan fingerprint density at radius 2 is 1.83 bits per heavy atom. The van der Waals surface area contributed by atoms with Crippen molar-refractivity contribution in [2.75, 3.05) is 19.6 Å². The number of nitrogens with one attached hydrogen (secondary N) is 1. The smallest absolute Gasteiger partial charge is 0.167 e. The van der Waals surface area contributed by atoms with Gasteiger partial charge in [0.05, 0.1) is 0 Å². The number of hydrogen-bond acceptors (Lipinski definition) is 3. The van der Waals surface area contributed by atoms with Gasteiger partial charge in [-0.05, 0) is 32.5 Å². The predicted molar refractivity (Wildman–Crippen MR) is 54.4 cm³/mol. The van der Waals surface area contributed by atoms with Gasteiger partial charge in [0.1, 0.15) is 0 Å². The fourth-order valence-electron chi connectivity index (χ4n) is 0.774. The van der Waals surface area contributed by atoms with E-state index < -0.39 is 4.46 Å². The zero-order valence-corrected chi connectivity index (χ0v) is 8.67. The van der Waals surface area contributed by atoms with E-state index in [1.165, 1.54) is 0 Å². The Hall–Kier alpha value is 0.460. The van der Waals surface area contributed by atoms with E-state index >= 15 is 0 Å². The molecule has 12 heavy (non-hydrogen) atoms. The highest BCUT2D eigenvalue weighted by atomic mass is 35.5. The molecule has 0 radical (unpaired) electrons. The fourth-order valence-corrected chi connectivity index (χ4v) is 0.963. The summed E-state index contributed by atoms with van der Waals surface area (Å²) in [7, 11) is 0. The highest BCUT2D eigenvalue weighted by molar-refractivity contribution is 6.47. The second kappa shape index (κ2) is 6.92. The molecule has 5 heteroatoms. The SMILES string of the molecule is NCCCCNCCC(N)(Cl)Cl. The number of unbranched alkanes of at least 4 members (excludes halogenated alkanes) is 1. The van der Waals surface area contributed by atoms with Crippen LogP contribution in [0.25, 0.3) is 0 Å². The van der Waals surface area contributed by atoms with Gasteiger partial charge in [-0.3, -0.25) is 0 Å². The molecular weight excluding hydrogens is 197 g/mol. The Morgan fingerprint density at radius 3 is 2.33 bits per heavy atom. The molecule has 0 rings (SSSR count). The van der Waals surface area contributed by atoms with Crippen molar-refractivity contribution in [3.05, 3.63) is 0 Å². The lowest BCUT2D eigenvalue weighted by molar-refractivity contribution is 0.585. The Balaban J connectivity index is 3.01. The third-order valence-electron chi connectivity index (χ3n) is 1.44. The lowest BCUT2D eigenvalue weighted by Gasteiger charge is -2.12. The minimum atomic E-state index is -1.10. The van der Waals surface area contributed by atoms with Crippen molar-refractivity contribution < 1.29 is 0 Å². The van der Waals surface area contributed by atoms with Crippen molar-refractivity contribution in [1.82, 2.24) is 5.32 Å². The first-order valence-corrected chi connectivity index (χ1v) is 4.89. The van der Waals surface area contributed by atoms with Gasteiger partial charge in [0.25, 0.3) is 0 Å². The molecule has 0 bridgehead atoms. The summed E-state index contributed by atoms with van der Waals surface area (Å²) in [6, 6.07) is 0. The molecule has 0 aromatic rings. The van der Waals surface area contributed by atoms with Crippen LogP contribution in [-0.4, -0.2) is 24.1 Å². The van der Waals surface area contributed by atoms with Crippen molar-refractivity contribution in [3.8, 4) is 0 Å². The molecule has 0 aromatic heterocycles. The molecule has 0 saturated carbocycles. The van der Waals surface area contributed by atoms with Crippen LogP contribution in [0.5, 0.6) is 0 Å². The standard InChI is InChI=1S/C7H17Cl2N3/c8-7(9,11)3-6-12-5-2-1-4-10/h12H,1-6,10-11H2. The molecule has 0 aliphatic carbocycles. The third kappa shape index (κ3) is 10.5. The molecule has 0 aromatic carbocycles. The normalized spacial score (nSPS) is 12.0.